The van der Waals surface area contributed by atoms with E-state index in [-0.39, 0.29) is 0 Å². The molecule has 0 radical (unpaired) electrons. The third kappa shape index (κ3) is 1.82. The Morgan fingerprint density at radius 1 is 1.20 bits per heavy atom. The summed E-state index contributed by atoms with van der Waals surface area (Å²) in [4.78, 5) is 4.70. The maximum Gasteiger partial charge on any atom is 0.175 e. The molecule has 0 unspecified atom stereocenters. The first-order valence-corrected chi connectivity index (χ1v) is 7.09. The number of hydrogen-bond acceptors (Lipinski definition) is 3. The van der Waals surface area contributed by atoms with E-state index in [2.05, 4.69) is 15.6 Å². The van der Waals surface area contributed by atoms with E-state index in [1.54, 1.807) is 0 Å². The molecule has 1 saturated carbocycles. The van der Waals surface area contributed by atoms with Crippen LogP contribution >= 0.6 is 0 Å². The van der Waals surface area contributed by atoms with Crippen LogP contribution in [0.1, 0.15) is 30.1 Å². The monoisotopic (exact) mass is 267 g/mol. The zero-order valence-corrected chi connectivity index (χ0v) is 11.2. The molecule has 0 saturated heterocycles. The van der Waals surface area contributed by atoms with Gasteiger partial charge in [0, 0.05) is 24.7 Å². The maximum atomic E-state index is 5.75. The highest BCUT2D eigenvalue weighted by Gasteiger charge is 2.26. The molecule has 20 heavy (non-hydrogen) atoms. The van der Waals surface area contributed by atoms with Gasteiger partial charge in [0.05, 0.1) is 11.4 Å². The Bertz CT molecular complexity index is 751. The molecule has 0 aliphatic heterocycles. The van der Waals surface area contributed by atoms with Crippen molar-refractivity contribution >= 4 is 5.65 Å². The Morgan fingerprint density at radius 3 is 2.90 bits per heavy atom. The molecular formula is C15H17N5. The van der Waals surface area contributed by atoms with Crippen molar-refractivity contribution in [2.75, 3.05) is 6.54 Å². The van der Waals surface area contributed by atoms with Gasteiger partial charge in [0.2, 0.25) is 0 Å². The summed E-state index contributed by atoms with van der Waals surface area (Å²) < 4.78 is 3.99. The van der Waals surface area contributed by atoms with Crippen LogP contribution in [0.25, 0.3) is 11.5 Å². The average Bonchev–Trinajstić information content (AvgIpc) is 3.09. The van der Waals surface area contributed by atoms with E-state index in [0.29, 0.717) is 12.5 Å². The highest BCUT2D eigenvalue weighted by molar-refractivity contribution is 5.48. The lowest BCUT2D eigenvalue weighted by Crippen LogP contribution is -2.09. The first-order chi connectivity index (χ1) is 9.86. The van der Waals surface area contributed by atoms with E-state index >= 15 is 0 Å². The number of imidazole rings is 1. The van der Waals surface area contributed by atoms with E-state index in [1.165, 1.54) is 18.5 Å². The van der Waals surface area contributed by atoms with Crippen LogP contribution in [0.4, 0.5) is 0 Å². The van der Waals surface area contributed by atoms with Gasteiger partial charge in [0.1, 0.15) is 5.65 Å². The lowest BCUT2D eigenvalue weighted by atomic mass is 10.3. The SMILES string of the molecule is NCCc1c(-n2ccc(C3CC3)n2)nc2ccccn12. The molecule has 1 aliphatic carbocycles. The number of nitrogens with two attached hydrogens (primary N) is 1. The van der Waals surface area contributed by atoms with Crippen molar-refractivity contribution in [2.24, 2.45) is 5.73 Å². The van der Waals surface area contributed by atoms with Gasteiger partial charge in [-0.05, 0) is 37.6 Å². The van der Waals surface area contributed by atoms with Gasteiger partial charge in [-0.25, -0.2) is 9.67 Å². The van der Waals surface area contributed by atoms with Crippen LogP contribution in [0.3, 0.4) is 0 Å². The van der Waals surface area contributed by atoms with Crippen molar-refractivity contribution in [3.05, 3.63) is 48.0 Å². The summed E-state index contributed by atoms with van der Waals surface area (Å²) in [5, 5.41) is 4.68. The summed E-state index contributed by atoms with van der Waals surface area (Å²) in [6.07, 6.45) is 7.35. The van der Waals surface area contributed by atoms with E-state index in [9.17, 15) is 0 Å². The van der Waals surface area contributed by atoms with Crippen LogP contribution in [0.15, 0.2) is 36.7 Å². The Labute approximate surface area is 117 Å². The van der Waals surface area contributed by atoms with Crippen molar-refractivity contribution in [1.29, 1.82) is 0 Å². The summed E-state index contributed by atoms with van der Waals surface area (Å²) >= 11 is 0. The average molecular weight is 267 g/mol. The second-order valence-electron chi connectivity index (χ2n) is 5.31. The van der Waals surface area contributed by atoms with Gasteiger partial charge < -0.3 is 10.1 Å². The number of aromatic nitrogens is 4. The predicted molar refractivity (Wildman–Crippen MR) is 77.0 cm³/mol. The van der Waals surface area contributed by atoms with Crippen molar-refractivity contribution in [3.63, 3.8) is 0 Å². The van der Waals surface area contributed by atoms with Crippen LogP contribution in [-0.2, 0) is 6.42 Å². The fourth-order valence-corrected chi connectivity index (χ4v) is 2.64. The Morgan fingerprint density at radius 2 is 2.10 bits per heavy atom. The van der Waals surface area contributed by atoms with Gasteiger partial charge in [0.25, 0.3) is 0 Å². The van der Waals surface area contributed by atoms with Crippen LogP contribution in [0.5, 0.6) is 0 Å². The molecule has 3 aromatic heterocycles. The molecule has 5 heteroatoms. The molecule has 4 rings (SSSR count). The number of hydrogen-bond donors (Lipinski definition) is 1. The van der Waals surface area contributed by atoms with Crippen molar-refractivity contribution < 1.29 is 0 Å². The highest BCUT2D eigenvalue weighted by Crippen LogP contribution is 2.39. The zero-order chi connectivity index (χ0) is 13.5. The molecule has 2 N–H and O–H groups in total. The summed E-state index contributed by atoms with van der Waals surface area (Å²) in [5.74, 6) is 1.56. The molecule has 0 bridgehead atoms. The smallest absolute Gasteiger partial charge is 0.175 e. The quantitative estimate of drug-likeness (QED) is 0.785. The number of pyridine rings is 1. The van der Waals surface area contributed by atoms with E-state index in [0.717, 1.165) is 23.6 Å². The lowest BCUT2D eigenvalue weighted by molar-refractivity contribution is 0.793. The molecule has 5 nitrogen and oxygen atoms in total. The van der Waals surface area contributed by atoms with Crippen molar-refractivity contribution in [2.45, 2.75) is 25.2 Å². The van der Waals surface area contributed by atoms with Gasteiger partial charge in [-0.1, -0.05) is 6.07 Å². The second kappa shape index (κ2) is 4.45. The van der Waals surface area contributed by atoms with Gasteiger partial charge in [-0.2, -0.15) is 5.10 Å². The predicted octanol–water partition coefficient (Wildman–Crippen LogP) is 1.90. The molecule has 1 aliphatic rings. The summed E-state index contributed by atoms with van der Waals surface area (Å²) in [6.45, 7) is 0.604. The largest absolute Gasteiger partial charge is 0.330 e. The van der Waals surface area contributed by atoms with Crippen LogP contribution in [-0.4, -0.2) is 25.7 Å². The molecule has 3 aromatic rings. The summed E-state index contributed by atoms with van der Waals surface area (Å²) in [6, 6.07) is 8.12. The molecule has 0 amide bonds. The summed E-state index contributed by atoms with van der Waals surface area (Å²) in [5.41, 5.74) is 8.99. The second-order valence-corrected chi connectivity index (χ2v) is 5.31. The van der Waals surface area contributed by atoms with Crippen molar-refractivity contribution in [3.8, 4) is 5.82 Å². The third-order valence-electron chi connectivity index (χ3n) is 3.81. The topological polar surface area (TPSA) is 61.1 Å². The molecule has 1 fully saturated rings. The van der Waals surface area contributed by atoms with Gasteiger partial charge in [-0.3, -0.25) is 0 Å². The minimum absolute atomic E-state index is 0.604. The van der Waals surface area contributed by atoms with Crippen LogP contribution < -0.4 is 5.73 Å². The molecule has 102 valence electrons. The fourth-order valence-electron chi connectivity index (χ4n) is 2.64. The standard InChI is InChI=1S/C15H17N5/c16-8-6-13-15(17-14-3-1-2-9-19(13)14)20-10-7-12(18-20)11-4-5-11/h1-3,7,9-11H,4-6,8,16H2. The fraction of sp³-hybridized carbons (Fsp3) is 0.333. The minimum Gasteiger partial charge on any atom is -0.330 e. The van der Waals surface area contributed by atoms with Gasteiger partial charge >= 0.3 is 0 Å². The Kier molecular flexibility index (Phi) is 2.60. The third-order valence-corrected chi connectivity index (χ3v) is 3.81. The highest BCUT2D eigenvalue weighted by atomic mass is 15.3. The molecule has 0 atom stereocenters. The number of rotatable bonds is 4. The van der Waals surface area contributed by atoms with Crippen molar-refractivity contribution in [1.82, 2.24) is 19.2 Å². The lowest BCUT2D eigenvalue weighted by Gasteiger charge is -2.03. The molecule has 0 aromatic carbocycles. The van der Waals surface area contributed by atoms with Crippen LogP contribution in [0, 0.1) is 0 Å². The Hall–Kier alpha value is -2.14. The Balaban J connectivity index is 1.85. The summed E-state index contributed by atoms with van der Waals surface area (Å²) in [7, 11) is 0. The molecular weight excluding hydrogens is 250 g/mol. The molecule has 3 heterocycles. The number of fused-ring (bicyclic) bond motifs is 1. The minimum atomic E-state index is 0.604. The number of nitrogens with zero attached hydrogens (tertiary/aromatic N) is 4. The van der Waals surface area contributed by atoms with E-state index < -0.39 is 0 Å². The van der Waals surface area contributed by atoms with Gasteiger partial charge in [-0.15, -0.1) is 0 Å². The first kappa shape index (κ1) is 11.7. The first-order valence-electron chi connectivity index (χ1n) is 7.09. The van der Waals surface area contributed by atoms with E-state index in [1.807, 2.05) is 35.3 Å². The molecule has 0 spiro atoms. The van der Waals surface area contributed by atoms with Gasteiger partial charge in [0.15, 0.2) is 5.82 Å². The normalized spacial score (nSPS) is 15.1. The van der Waals surface area contributed by atoms with E-state index in [4.69, 9.17) is 10.7 Å². The maximum absolute atomic E-state index is 5.75. The zero-order valence-electron chi connectivity index (χ0n) is 11.2. The van der Waals surface area contributed by atoms with Crippen LogP contribution in [0.2, 0.25) is 0 Å².